The molecule has 7 nitrogen and oxygen atoms in total. The fourth-order valence-corrected chi connectivity index (χ4v) is 3.73. The van der Waals surface area contributed by atoms with Crippen LogP contribution >= 0.6 is 15.9 Å². The Labute approximate surface area is 195 Å². The first-order valence-corrected chi connectivity index (χ1v) is 10.7. The molecule has 2 aromatic carbocycles. The maximum absolute atomic E-state index is 12.0. The summed E-state index contributed by atoms with van der Waals surface area (Å²) in [6, 6.07) is 14.7. The molecule has 0 aliphatic rings. The minimum atomic E-state index is -0.368. The van der Waals surface area contributed by atoms with Crippen molar-refractivity contribution in [3.63, 3.8) is 0 Å². The number of rotatable bonds is 7. The highest BCUT2D eigenvalue weighted by atomic mass is 79.9. The summed E-state index contributed by atoms with van der Waals surface area (Å²) in [5.41, 5.74) is 7.71. The highest BCUT2D eigenvalue weighted by molar-refractivity contribution is 9.10. The third-order valence-electron chi connectivity index (χ3n) is 4.89. The van der Waals surface area contributed by atoms with Crippen LogP contribution in [0.15, 0.2) is 58.1 Å². The normalized spacial score (nSPS) is 10.9. The van der Waals surface area contributed by atoms with Crippen molar-refractivity contribution in [2.45, 2.75) is 20.8 Å². The summed E-state index contributed by atoms with van der Waals surface area (Å²) >= 11 is 3.36. The molecule has 3 aromatic rings. The summed E-state index contributed by atoms with van der Waals surface area (Å²) in [7, 11) is 1.36. The number of methoxy groups -OCH3 is 1. The molecule has 1 amide bonds. The van der Waals surface area contributed by atoms with E-state index in [0.717, 1.165) is 32.7 Å². The van der Waals surface area contributed by atoms with Gasteiger partial charge in [-0.05, 0) is 68.8 Å². The van der Waals surface area contributed by atoms with Gasteiger partial charge in [0.15, 0.2) is 6.61 Å². The molecule has 8 heteroatoms. The number of aromatic nitrogens is 1. The summed E-state index contributed by atoms with van der Waals surface area (Å²) < 4.78 is 13.2. The second-order valence-electron chi connectivity index (χ2n) is 7.19. The Morgan fingerprint density at radius 1 is 1.12 bits per heavy atom. The molecule has 166 valence electrons. The predicted octanol–water partition coefficient (Wildman–Crippen LogP) is 4.48. The van der Waals surface area contributed by atoms with E-state index in [1.807, 2.05) is 45.0 Å². The lowest BCUT2D eigenvalue weighted by atomic mass is 10.1. The lowest BCUT2D eigenvalue weighted by molar-refractivity contribution is -0.123. The van der Waals surface area contributed by atoms with Gasteiger partial charge in [-0.3, -0.25) is 4.79 Å². The predicted molar refractivity (Wildman–Crippen MR) is 127 cm³/mol. The SMILES string of the molecule is COC(=O)c1ccc(-n2c(C)cc(/C=N\NC(=O)COc3cccc(Br)c3)c2C)c(C)c1. The van der Waals surface area contributed by atoms with Gasteiger partial charge < -0.3 is 14.0 Å². The number of halogens is 1. The maximum Gasteiger partial charge on any atom is 0.337 e. The quantitative estimate of drug-likeness (QED) is 0.296. The van der Waals surface area contributed by atoms with E-state index in [4.69, 9.17) is 9.47 Å². The van der Waals surface area contributed by atoms with Crippen LogP contribution in [0, 0.1) is 20.8 Å². The van der Waals surface area contributed by atoms with Crippen molar-refractivity contribution < 1.29 is 19.1 Å². The third kappa shape index (κ3) is 5.45. The van der Waals surface area contributed by atoms with Crippen molar-refractivity contribution >= 4 is 34.0 Å². The monoisotopic (exact) mass is 497 g/mol. The molecule has 1 N–H and O–H groups in total. The van der Waals surface area contributed by atoms with Gasteiger partial charge in [-0.25, -0.2) is 10.2 Å². The molecule has 0 spiro atoms. The lowest BCUT2D eigenvalue weighted by Crippen LogP contribution is -2.24. The van der Waals surface area contributed by atoms with Gasteiger partial charge >= 0.3 is 5.97 Å². The first-order valence-electron chi connectivity index (χ1n) is 9.88. The summed E-state index contributed by atoms with van der Waals surface area (Å²) in [6.45, 7) is 5.76. The van der Waals surface area contributed by atoms with E-state index in [1.54, 1.807) is 30.5 Å². The van der Waals surface area contributed by atoms with E-state index in [-0.39, 0.29) is 18.5 Å². The zero-order chi connectivity index (χ0) is 23.3. The number of benzene rings is 2. The molecule has 1 heterocycles. The first kappa shape index (κ1) is 23.3. The van der Waals surface area contributed by atoms with E-state index in [1.165, 1.54) is 7.11 Å². The molecular formula is C24H24BrN3O4. The average molecular weight is 498 g/mol. The Morgan fingerprint density at radius 3 is 2.59 bits per heavy atom. The van der Waals surface area contributed by atoms with Crippen molar-refractivity contribution in [1.82, 2.24) is 9.99 Å². The van der Waals surface area contributed by atoms with Gasteiger partial charge in [0, 0.05) is 27.1 Å². The number of nitrogens with one attached hydrogen (secondary N) is 1. The molecule has 0 radical (unpaired) electrons. The Hall–Kier alpha value is -3.39. The van der Waals surface area contributed by atoms with Gasteiger partial charge in [0.2, 0.25) is 0 Å². The standard InChI is InChI=1S/C24H24BrN3O4/c1-15-10-18(24(30)31-4)8-9-22(15)28-16(2)11-19(17(28)3)13-26-27-23(29)14-32-21-7-5-6-20(25)12-21/h5-13H,14H2,1-4H3,(H,27,29)/b26-13-. The molecule has 0 atom stereocenters. The fourth-order valence-electron chi connectivity index (χ4n) is 3.35. The van der Waals surface area contributed by atoms with Crippen molar-refractivity contribution in [1.29, 1.82) is 0 Å². The molecule has 0 bridgehead atoms. The maximum atomic E-state index is 12.0. The highest BCUT2D eigenvalue weighted by Gasteiger charge is 2.14. The molecule has 0 aliphatic heterocycles. The van der Waals surface area contributed by atoms with Gasteiger partial charge in [-0.2, -0.15) is 5.10 Å². The number of hydrazone groups is 1. The smallest absolute Gasteiger partial charge is 0.337 e. The number of nitrogens with zero attached hydrogens (tertiary/aromatic N) is 2. The molecule has 32 heavy (non-hydrogen) atoms. The molecule has 0 saturated carbocycles. The van der Waals surface area contributed by atoms with Crippen LogP contribution in [0.3, 0.4) is 0 Å². The molecule has 3 rings (SSSR count). The van der Waals surface area contributed by atoms with Crippen LogP contribution in [-0.4, -0.2) is 36.4 Å². The lowest BCUT2D eigenvalue weighted by Gasteiger charge is -2.13. The Balaban J connectivity index is 1.69. The molecule has 0 unspecified atom stereocenters. The number of carbonyl (C=O) groups excluding carboxylic acids is 2. The van der Waals surface area contributed by atoms with E-state index in [2.05, 4.69) is 31.0 Å². The van der Waals surface area contributed by atoms with Crippen LogP contribution in [0.1, 0.15) is 32.9 Å². The van der Waals surface area contributed by atoms with Crippen LogP contribution in [0.25, 0.3) is 5.69 Å². The molecule has 1 aromatic heterocycles. The molecule has 0 aliphatic carbocycles. The summed E-state index contributed by atoms with van der Waals surface area (Å²) in [4.78, 5) is 23.8. The summed E-state index contributed by atoms with van der Waals surface area (Å²) in [6.07, 6.45) is 1.61. The van der Waals surface area contributed by atoms with Gasteiger partial charge in [0.05, 0.1) is 18.9 Å². The van der Waals surface area contributed by atoms with E-state index >= 15 is 0 Å². The Kier molecular flexibility index (Phi) is 7.48. The van der Waals surface area contributed by atoms with E-state index in [0.29, 0.717) is 11.3 Å². The summed E-state index contributed by atoms with van der Waals surface area (Å²) in [5.74, 6) is -0.132. The second-order valence-corrected chi connectivity index (χ2v) is 8.11. The van der Waals surface area contributed by atoms with Crippen molar-refractivity contribution in [3.8, 4) is 11.4 Å². The van der Waals surface area contributed by atoms with Crippen molar-refractivity contribution in [3.05, 3.63) is 81.1 Å². The zero-order valence-corrected chi connectivity index (χ0v) is 19.9. The van der Waals surface area contributed by atoms with Crippen molar-refractivity contribution in [2.75, 3.05) is 13.7 Å². The van der Waals surface area contributed by atoms with Gasteiger partial charge in [0.1, 0.15) is 5.75 Å². The number of hydrogen-bond donors (Lipinski definition) is 1. The number of aryl methyl sites for hydroxylation is 2. The minimum absolute atomic E-state index is 0.140. The van der Waals surface area contributed by atoms with Crippen LogP contribution in [0.4, 0.5) is 0 Å². The van der Waals surface area contributed by atoms with Crippen LogP contribution in [0.2, 0.25) is 0 Å². The number of esters is 1. The minimum Gasteiger partial charge on any atom is -0.484 e. The Morgan fingerprint density at radius 2 is 1.91 bits per heavy atom. The van der Waals surface area contributed by atoms with Crippen molar-refractivity contribution in [2.24, 2.45) is 5.10 Å². The molecule has 0 saturated heterocycles. The third-order valence-corrected chi connectivity index (χ3v) is 5.38. The van der Waals surface area contributed by atoms with Crippen LogP contribution < -0.4 is 10.2 Å². The molecular weight excluding hydrogens is 474 g/mol. The van der Waals surface area contributed by atoms with Gasteiger partial charge in [-0.15, -0.1) is 0 Å². The number of amides is 1. The van der Waals surface area contributed by atoms with E-state index < -0.39 is 0 Å². The largest absolute Gasteiger partial charge is 0.484 e. The number of carbonyl (C=O) groups is 2. The average Bonchev–Trinajstić information content (AvgIpc) is 3.04. The first-order chi connectivity index (χ1) is 15.3. The zero-order valence-electron chi connectivity index (χ0n) is 18.3. The highest BCUT2D eigenvalue weighted by Crippen LogP contribution is 2.23. The van der Waals surface area contributed by atoms with Gasteiger partial charge in [0.25, 0.3) is 5.91 Å². The second kappa shape index (κ2) is 10.3. The number of ether oxygens (including phenoxy) is 2. The van der Waals surface area contributed by atoms with Crippen LogP contribution in [0.5, 0.6) is 5.75 Å². The topological polar surface area (TPSA) is 81.9 Å². The van der Waals surface area contributed by atoms with E-state index in [9.17, 15) is 9.59 Å². The summed E-state index contributed by atoms with van der Waals surface area (Å²) in [5, 5.41) is 4.06. The van der Waals surface area contributed by atoms with Crippen LogP contribution in [-0.2, 0) is 9.53 Å². The number of hydrogen-bond acceptors (Lipinski definition) is 5. The van der Waals surface area contributed by atoms with Gasteiger partial charge in [-0.1, -0.05) is 22.0 Å². The fraction of sp³-hybridized carbons (Fsp3) is 0.208. The Bertz CT molecular complexity index is 1180. The molecule has 0 fully saturated rings.